The minimum Gasteiger partial charge on any atom is -0.453 e. The van der Waals surface area contributed by atoms with Gasteiger partial charge in [0.1, 0.15) is 17.3 Å². The second-order valence-corrected chi connectivity index (χ2v) is 9.41. The number of benzene rings is 3. The molecule has 0 heterocycles. The van der Waals surface area contributed by atoms with Gasteiger partial charge in [0.05, 0.1) is 0 Å². The van der Waals surface area contributed by atoms with Gasteiger partial charge >= 0.3 is 6.36 Å². The highest BCUT2D eigenvalue weighted by atomic mass is 19.4. The summed E-state index contributed by atoms with van der Waals surface area (Å²) in [5.74, 6) is -0.890. The molecule has 1 fully saturated rings. The number of para-hydroxylation sites is 1. The second kappa shape index (κ2) is 10.9. The van der Waals surface area contributed by atoms with Gasteiger partial charge in [-0.2, -0.15) is 0 Å². The van der Waals surface area contributed by atoms with Gasteiger partial charge < -0.3 is 9.47 Å². The zero-order valence-corrected chi connectivity index (χ0v) is 20.3. The van der Waals surface area contributed by atoms with Gasteiger partial charge in [-0.15, -0.1) is 13.2 Å². The molecule has 0 N–H and O–H groups in total. The van der Waals surface area contributed by atoms with Gasteiger partial charge in [-0.25, -0.2) is 8.78 Å². The van der Waals surface area contributed by atoms with E-state index in [1.807, 2.05) is 0 Å². The average Bonchev–Trinajstić information content (AvgIpc) is 2.83. The maximum absolute atomic E-state index is 15.8. The largest absolute Gasteiger partial charge is 0.573 e. The van der Waals surface area contributed by atoms with Crippen molar-refractivity contribution in [3.63, 3.8) is 0 Å². The Morgan fingerprint density at radius 2 is 1.58 bits per heavy atom. The van der Waals surface area contributed by atoms with Crippen LogP contribution in [-0.2, 0) is 0 Å². The normalized spacial score (nSPS) is 18.2. The molecule has 36 heavy (non-hydrogen) atoms. The number of halogens is 5. The second-order valence-electron chi connectivity index (χ2n) is 9.41. The molecule has 0 spiro atoms. The van der Waals surface area contributed by atoms with Crippen LogP contribution in [0.2, 0.25) is 0 Å². The van der Waals surface area contributed by atoms with Crippen molar-refractivity contribution >= 4 is 0 Å². The van der Waals surface area contributed by atoms with Crippen molar-refractivity contribution in [2.75, 3.05) is 0 Å². The first-order chi connectivity index (χ1) is 17.2. The van der Waals surface area contributed by atoms with Crippen LogP contribution in [0.25, 0.3) is 11.1 Å². The van der Waals surface area contributed by atoms with E-state index in [4.69, 9.17) is 4.74 Å². The lowest BCUT2D eigenvalue weighted by Gasteiger charge is -2.29. The summed E-state index contributed by atoms with van der Waals surface area (Å²) < 4.78 is 78.2. The summed E-state index contributed by atoms with van der Waals surface area (Å²) in [7, 11) is 0. The number of aryl methyl sites for hydroxylation is 1. The van der Waals surface area contributed by atoms with Gasteiger partial charge in [-0.3, -0.25) is 0 Å². The number of hydrogen-bond acceptors (Lipinski definition) is 2. The van der Waals surface area contributed by atoms with Crippen LogP contribution in [-0.4, -0.2) is 6.36 Å². The Morgan fingerprint density at radius 3 is 2.22 bits per heavy atom. The molecule has 0 aromatic heterocycles. The van der Waals surface area contributed by atoms with Crippen LogP contribution in [0.3, 0.4) is 0 Å². The molecule has 3 aromatic carbocycles. The lowest BCUT2D eigenvalue weighted by molar-refractivity contribution is -0.274. The zero-order valence-electron chi connectivity index (χ0n) is 20.3. The van der Waals surface area contributed by atoms with Crippen LogP contribution in [0.5, 0.6) is 17.2 Å². The van der Waals surface area contributed by atoms with Crippen LogP contribution in [0, 0.1) is 24.5 Å². The number of hydrogen-bond donors (Lipinski definition) is 0. The molecule has 1 aliphatic rings. The van der Waals surface area contributed by atoms with Crippen molar-refractivity contribution in [1.82, 2.24) is 0 Å². The Morgan fingerprint density at radius 1 is 0.917 bits per heavy atom. The van der Waals surface area contributed by atoms with Gasteiger partial charge in [-0.05, 0) is 79.8 Å². The molecule has 0 aliphatic heterocycles. The smallest absolute Gasteiger partial charge is 0.453 e. The fourth-order valence-electron chi connectivity index (χ4n) is 5.12. The molecule has 1 saturated carbocycles. The molecule has 4 rings (SSSR count). The molecule has 1 aliphatic carbocycles. The van der Waals surface area contributed by atoms with Crippen LogP contribution >= 0.6 is 0 Å². The van der Waals surface area contributed by atoms with Crippen molar-refractivity contribution in [2.24, 2.45) is 5.92 Å². The molecular formula is C29H29F5O2. The highest BCUT2D eigenvalue weighted by Gasteiger charge is 2.31. The molecule has 0 atom stereocenters. The molecule has 3 aromatic rings. The fraction of sp³-hybridized carbons (Fsp3) is 0.379. The van der Waals surface area contributed by atoms with Crippen LogP contribution < -0.4 is 9.47 Å². The first kappa shape index (κ1) is 26.0. The third kappa shape index (κ3) is 6.00. The van der Waals surface area contributed by atoms with E-state index >= 15 is 4.39 Å². The summed E-state index contributed by atoms with van der Waals surface area (Å²) in [6.07, 6.45) is 0.857. The monoisotopic (exact) mass is 504 g/mol. The Labute approximate surface area is 208 Å². The minimum absolute atomic E-state index is 0.0356. The van der Waals surface area contributed by atoms with E-state index in [-0.39, 0.29) is 23.0 Å². The lowest BCUT2D eigenvalue weighted by atomic mass is 9.77. The molecular weight excluding hydrogens is 475 g/mol. The van der Waals surface area contributed by atoms with Gasteiger partial charge in [0.2, 0.25) is 0 Å². The van der Waals surface area contributed by atoms with E-state index in [1.54, 1.807) is 31.2 Å². The molecule has 0 saturated heterocycles. The van der Waals surface area contributed by atoms with E-state index in [9.17, 15) is 17.6 Å². The standard InChI is InChI=1S/C29H29F5O2/c1-3-6-19-9-11-21(12-10-19)26-24(30)17-18(2)28(27(26)31)35-25-8-5-4-7-23(25)20-13-15-22(16-14-20)36-29(32,33)34/h4-5,7-8,13-17,19,21H,3,6,9-12H2,1-2H3/t19-,21-. The van der Waals surface area contributed by atoms with Gasteiger partial charge in [0.15, 0.2) is 11.6 Å². The first-order valence-electron chi connectivity index (χ1n) is 12.3. The quantitative estimate of drug-likeness (QED) is 0.298. The lowest BCUT2D eigenvalue weighted by Crippen LogP contribution is -2.16. The predicted molar refractivity (Wildman–Crippen MR) is 129 cm³/mol. The average molecular weight is 505 g/mol. The Bertz CT molecular complexity index is 1180. The fourth-order valence-corrected chi connectivity index (χ4v) is 5.12. The van der Waals surface area contributed by atoms with Crippen LogP contribution in [0.15, 0.2) is 54.6 Å². The predicted octanol–water partition coefficient (Wildman–Crippen LogP) is 9.71. The SMILES string of the molecule is CCC[C@H]1CC[C@H](c2c(F)cc(C)c(Oc3ccccc3-c3ccc(OC(F)(F)F)cc3)c2F)CC1. The highest BCUT2D eigenvalue weighted by molar-refractivity contribution is 5.71. The number of ether oxygens (including phenoxy) is 2. The van der Waals surface area contributed by atoms with E-state index < -0.39 is 18.0 Å². The summed E-state index contributed by atoms with van der Waals surface area (Å²) in [5, 5.41) is 0. The molecule has 7 heteroatoms. The van der Waals surface area contributed by atoms with E-state index in [0.717, 1.165) is 38.5 Å². The number of alkyl halides is 3. The summed E-state index contributed by atoms with van der Waals surface area (Å²) in [5.41, 5.74) is 1.53. The van der Waals surface area contributed by atoms with E-state index in [1.165, 1.54) is 30.3 Å². The van der Waals surface area contributed by atoms with Crippen molar-refractivity contribution in [3.05, 3.63) is 77.4 Å². The topological polar surface area (TPSA) is 18.5 Å². The van der Waals surface area contributed by atoms with Crippen molar-refractivity contribution < 1.29 is 31.4 Å². The van der Waals surface area contributed by atoms with Crippen molar-refractivity contribution in [2.45, 2.75) is 64.7 Å². The van der Waals surface area contributed by atoms with Crippen LogP contribution in [0.1, 0.15) is 62.5 Å². The maximum Gasteiger partial charge on any atom is 0.573 e. The molecule has 0 unspecified atom stereocenters. The van der Waals surface area contributed by atoms with E-state index in [2.05, 4.69) is 11.7 Å². The highest BCUT2D eigenvalue weighted by Crippen LogP contribution is 2.44. The van der Waals surface area contributed by atoms with Crippen molar-refractivity contribution in [3.8, 4) is 28.4 Å². The Hall–Kier alpha value is -3.09. The third-order valence-corrected chi connectivity index (χ3v) is 6.84. The number of rotatable bonds is 7. The minimum atomic E-state index is -4.78. The van der Waals surface area contributed by atoms with E-state index in [0.29, 0.717) is 28.4 Å². The molecule has 192 valence electrons. The van der Waals surface area contributed by atoms with Gasteiger partial charge in [-0.1, -0.05) is 50.1 Å². The summed E-state index contributed by atoms with van der Waals surface area (Å²) in [4.78, 5) is 0. The summed E-state index contributed by atoms with van der Waals surface area (Å²) >= 11 is 0. The summed E-state index contributed by atoms with van der Waals surface area (Å²) in [6, 6.07) is 13.5. The molecule has 0 bridgehead atoms. The van der Waals surface area contributed by atoms with Gasteiger partial charge in [0.25, 0.3) is 0 Å². The third-order valence-electron chi connectivity index (χ3n) is 6.84. The summed E-state index contributed by atoms with van der Waals surface area (Å²) in [6.45, 7) is 3.74. The van der Waals surface area contributed by atoms with Crippen molar-refractivity contribution in [1.29, 1.82) is 0 Å². The van der Waals surface area contributed by atoms with Gasteiger partial charge in [0, 0.05) is 11.1 Å². The van der Waals surface area contributed by atoms with Crippen LogP contribution in [0.4, 0.5) is 22.0 Å². The first-order valence-corrected chi connectivity index (χ1v) is 12.3. The Balaban J connectivity index is 1.62. The maximum atomic E-state index is 15.8. The Kier molecular flexibility index (Phi) is 7.86. The zero-order chi connectivity index (χ0) is 25.9. The molecule has 2 nitrogen and oxygen atoms in total. The molecule has 0 radical (unpaired) electrons. The molecule has 0 amide bonds.